The first-order valence-electron chi connectivity index (χ1n) is 6.63. The zero-order valence-electron chi connectivity index (χ0n) is 11.4. The molecule has 2 N–H and O–H groups in total. The summed E-state index contributed by atoms with van der Waals surface area (Å²) in [4.78, 5) is 24.3. The quantitative estimate of drug-likeness (QED) is 0.860. The maximum Gasteiger partial charge on any atom is 0.232 e. The molecule has 1 aliphatic heterocycles. The number of carbonyl (C=O) groups is 2. The van der Waals surface area contributed by atoms with Gasteiger partial charge in [0, 0.05) is 12.6 Å². The summed E-state index contributed by atoms with van der Waals surface area (Å²) in [6.45, 7) is 1.06. The molecule has 5 nitrogen and oxygen atoms in total. The summed E-state index contributed by atoms with van der Waals surface area (Å²) >= 11 is 11.8. The number of ether oxygens (including phenoxy) is 1. The standard InChI is InChI=1S/C14H16Cl2N2O3/c15-11-4-3-9(6-12(11)16)21-10-2-1-5-18(8-10)14(20)7-13(17)19/h3-4,6,10H,1-2,5,7-8H2,(H2,17,19). The fourth-order valence-corrected chi connectivity index (χ4v) is 2.55. The summed E-state index contributed by atoms with van der Waals surface area (Å²) in [6.07, 6.45) is 1.25. The van der Waals surface area contributed by atoms with Crippen molar-refractivity contribution in [2.45, 2.75) is 25.4 Å². The van der Waals surface area contributed by atoms with E-state index in [4.69, 9.17) is 33.7 Å². The molecule has 1 aromatic rings. The molecule has 1 atom stereocenters. The first kappa shape index (κ1) is 15.9. The Labute approximate surface area is 132 Å². The van der Waals surface area contributed by atoms with Gasteiger partial charge in [0.05, 0.1) is 16.6 Å². The molecule has 1 aromatic carbocycles. The van der Waals surface area contributed by atoms with Crippen molar-refractivity contribution in [2.24, 2.45) is 5.73 Å². The van der Waals surface area contributed by atoms with Crippen LogP contribution in [-0.4, -0.2) is 35.9 Å². The first-order valence-corrected chi connectivity index (χ1v) is 7.39. The maximum absolute atomic E-state index is 11.8. The molecule has 2 rings (SSSR count). The van der Waals surface area contributed by atoms with E-state index in [9.17, 15) is 9.59 Å². The molecule has 114 valence electrons. The van der Waals surface area contributed by atoms with Crippen LogP contribution in [0.15, 0.2) is 18.2 Å². The summed E-state index contributed by atoms with van der Waals surface area (Å²) < 4.78 is 5.82. The van der Waals surface area contributed by atoms with E-state index in [-0.39, 0.29) is 18.4 Å². The van der Waals surface area contributed by atoms with Crippen LogP contribution in [0.4, 0.5) is 0 Å². The van der Waals surface area contributed by atoms with Gasteiger partial charge in [0.25, 0.3) is 0 Å². The van der Waals surface area contributed by atoms with Crippen molar-refractivity contribution in [2.75, 3.05) is 13.1 Å². The van der Waals surface area contributed by atoms with Crippen LogP contribution in [0.25, 0.3) is 0 Å². The van der Waals surface area contributed by atoms with Gasteiger partial charge in [0.15, 0.2) is 0 Å². The SMILES string of the molecule is NC(=O)CC(=O)N1CCCC(Oc2ccc(Cl)c(Cl)c2)C1. The van der Waals surface area contributed by atoms with Crippen LogP contribution >= 0.6 is 23.2 Å². The second-order valence-electron chi connectivity index (χ2n) is 4.94. The van der Waals surface area contributed by atoms with Gasteiger partial charge in [0.1, 0.15) is 18.3 Å². The lowest BCUT2D eigenvalue weighted by Crippen LogP contribution is -2.45. The first-order chi connectivity index (χ1) is 9.95. The summed E-state index contributed by atoms with van der Waals surface area (Å²) in [5.41, 5.74) is 5.04. The lowest BCUT2D eigenvalue weighted by atomic mass is 10.1. The van der Waals surface area contributed by atoms with Crippen LogP contribution in [0.5, 0.6) is 5.75 Å². The van der Waals surface area contributed by atoms with Gasteiger partial charge in [0.2, 0.25) is 11.8 Å². The third-order valence-electron chi connectivity index (χ3n) is 3.25. The normalized spacial score (nSPS) is 18.4. The monoisotopic (exact) mass is 330 g/mol. The molecule has 2 amide bonds. The number of hydrogen-bond acceptors (Lipinski definition) is 3. The fourth-order valence-electron chi connectivity index (χ4n) is 2.26. The minimum absolute atomic E-state index is 0.132. The highest BCUT2D eigenvalue weighted by atomic mass is 35.5. The van der Waals surface area contributed by atoms with E-state index in [2.05, 4.69) is 0 Å². The van der Waals surface area contributed by atoms with Crippen molar-refractivity contribution in [3.63, 3.8) is 0 Å². The topological polar surface area (TPSA) is 72.6 Å². The van der Waals surface area contributed by atoms with Crippen LogP contribution in [0.1, 0.15) is 19.3 Å². The molecule has 0 bridgehead atoms. The fraction of sp³-hybridized carbons (Fsp3) is 0.429. The number of hydrogen-bond donors (Lipinski definition) is 1. The van der Waals surface area contributed by atoms with Crippen molar-refractivity contribution < 1.29 is 14.3 Å². The molecule has 21 heavy (non-hydrogen) atoms. The lowest BCUT2D eigenvalue weighted by molar-refractivity contribution is -0.137. The van der Waals surface area contributed by atoms with E-state index in [0.29, 0.717) is 28.9 Å². The molecule has 0 spiro atoms. The van der Waals surface area contributed by atoms with Crippen LogP contribution in [0.2, 0.25) is 10.0 Å². The van der Waals surface area contributed by atoms with Crippen molar-refractivity contribution in [1.82, 2.24) is 4.90 Å². The number of primary amides is 1. The van der Waals surface area contributed by atoms with Gasteiger partial charge in [-0.2, -0.15) is 0 Å². The Kier molecular flexibility index (Phi) is 5.31. The van der Waals surface area contributed by atoms with E-state index in [1.54, 1.807) is 23.1 Å². The Hall–Kier alpha value is -1.46. The molecule has 1 saturated heterocycles. The Morgan fingerprint density at radius 2 is 2.10 bits per heavy atom. The van der Waals surface area contributed by atoms with E-state index in [1.807, 2.05) is 0 Å². The molecule has 0 saturated carbocycles. The molecular formula is C14H16Cl2N2O3. The summed E-state index contributed by atoms with van der Waals surface area (Å²) in [7, 11) is 0. The number of benzene rings is 1. The highest BCUT2D eigenvalue weighted by Crippen LogP contribution is 2.28. The lowest BCUT2D eigenvalue weighted by Gasteiger charge is -2.32. The van der Waals surface area contributed by atoms with Crippen LogP contribution in [0.3, 0.4) is 0 Å². The number of halogens is 2. The van der Waals surface area contributed by atoms with Gasteiger partial charge in [-0.3, -0.25) is 9.59 Å². The minimum atomic E-state index is -0.618. The number of nitrogens with zero attached hydrogens (tertiary/aromatic N) is 1. The molecule has 7 heteroatoms. The Balaban J connectivity index is 1.96. The molecule has 0 radical (unpaired) electrons. The molecule has 1 unspecified atom stereocenters. The van der Waals surface area contributed by atoms with Crippen molar-refractivity contribution >= 4 is 35.0 Å². The van der Waals surface area contributed by atoms with Gasteiger partial charge in [-0.1, -0.05) is 23.2 Å². The molecule has 1 fully saturated rings. The number of amides is 2. The second kappa shape index (κ2) is 7.00. The Morgan fingerprint density at radius 1 is 1.33 bits per heavy atom. The number of piperidine rings is 1. The largest absolute Gasteiger partial charge is 0.489 e. The summed E-state index contributed by atoms with van der Waals surface area (Å²) in [6, 6.07) is 5.05. The molecule has 1 heterocycles. The number of nitrogens with two attached hydrogens (primary N) is 1. The van der Waals surface area contributed by atoms with Gasteiger partial charge in [-0.15, -0.1) is 0 Å². The van der Waals surface area contributed by atoms with Gasteiger partial charge in [-0.25, -0.2) is 0 Å². The van der Waals surface area contributed by atoms with Crippen molar-refractivity contribution in [3.05, 3.63) is 28.2 Å². The smallest absolute Gasteiger partial charge is 0.232 e. The number of likely N-dealkylation sites (tertiary alicyclic amines) is 1. The van der Waals surface area contributed by atoms with E-state index in [1.165, 1.54) is 0 Å². The van der Waals surface area contributed by atoms with Gasteiger partial charge >= 0.3 is 0 Å². The van der Waals surface area contributed by atoms with Gasteiger partial charge < -0.3 is 15.4 Å². The number of rotatable bonds is 4. The summed E-state index contributed by atoms with van der Waals surface area (Å²) in [5.74, 6) is -0.268. The van der Waals surface area contributed by atoms with E-state index < -0.39 is 5.91 Å². The van der Waals surface area contributed by atoms with E-state index >= 15 is 0 Å². The third kappa shape index (κ3) is 4.51. The Bertz CT molecular complexity index is 551. The number of carbonyl (C=O) groups excluding carboxylic acids is 2. The molecule has 0 aliphatic carbocycles. The Morgan fingerprint density at radius 3 is 2.76 bits per heavy atom. The second-order valence-corrected chi connectivity index (χ2v) is 5.76. The predicted octanol–water partition coefficient (Wildman–Crippen LogP) is 2.24. The molecule has 1 aliphatic rings. The average molecular weight is 331 g/mol. The highest BCUT2D eigenvalue weighted by Gasteiger charge is 2.25. The molecule has 0 aromatic heterocycles. The van der Waals surface area contributed by atoms with Gasteiger partial charge in [-0.05, 0) is 25.0 Å². The van der Waals surface area contributed by atoms with Crippen LogP contribution in [-0.2, 0) is 9.59 Å². The van der Waals surface area contributed by atoms with E-state index in [0.717, 1.165) is 12.8 Å². The van der Waals surface area contributed by atoms with Crippen molar-refractivity contribution in [1.29, 1.82) is 0 Å². The van der Waals surface area contributed by atoms with Crippen LogP contribution in [0, 0.1) is 0 Å². The minimum Gasteiger partial charge on any atom is -0.489 e. The predicted molar refractivity (Wildman–Crippen MR) is 80.5 cm³/mol. The highest BCUT2D eigenvalue weighted by molar-refractivity contribution is 6.42. The average Bonchev–Trinajstić information content (AvgIpc) is 2.42. The molecular weight excluding hydrogens is 315 g/mol. The zero-order chi connectivity index (χ0) is 15.4. The summed E-state index contributed by atoms with van der Waals surface area (Å²) in [5, 5.41) is 0.887. The maximum atomic E-state index is 11.8. The zero-order valence-corrected chi connectivity index (χ0v) is 12.9. The third-order valence-corrected chi connectivity index (χ3v) is 3.99. The van der Waals surface area contributed by atoms with Crippen molar-refractivity contribution in [3.8, 4) is 5.75 Å². The van der Waals surface area contributed by atoms with Crippen LogP contribution < -0.4 is 10.5 Å².